The van der Waals surface area contributed by atoms with Gasteiger partial charge in [-0.3, -0.25) is 0 Å². The van der Waals surface area contributed by atoms with Gasteiger partial charge in [0.15, 0.2) is 5.13 Å². The lowest BCUT2D eigenvalue weighted by Gasteiger charge is -2.42. The monoisotopic (exact) mass is 394 g/mol. The second-order valence-corrected chi connectivity index (χ2v) is 10.2. The average molecular weight is 395 g/mol. The van der Waals surface area contributed by atoms with Crippen LogP contribution in [-0.4, -0.2) is 45.3 Å². The Morgan fingerprint density at radius 3 is 2.63 bits per heavy atom. The van der Waals surface area contributed by atoms with Gasteiger partial charge in [0.25, 0.3) is 0 Å². The van der Waals surface area contributed by atoms with Crippen molar-refractivity contribution < 1.29 is 9.90 Å². The number of thiazole rings is 1. The van der Waals surface area contributed by atoms with Gasteiger partial charge in [-0.25, -0.2) is 9.78 Å². The molecule has 0 radical (unpaired) electrons. The smallest absolute Gasteiger partial charge is 0.407 e. The van der Waals surface area contributed by atoms with Crippen molar-refractivity contribution in [2.24, 2.45) is 5.92 Å². The molecule has 27 heavy (non-hydrogen) atoms. The molecular weight excluding hydrogens is 360 g/mol. The van der Waals surface area contributed by atoms with Crippen molar-refractivity contribution in [2.45, 2.75) is 89.8 Å². The summed E-state index contributed by atoms with van der Waals surface area (Å²) < 4.78 is 0. The number of nitrogen functional groups attached to an aromatic ring is 1. The molecule has 7 heteroatoms. The molecule has 1 atom stereocenters. The molecule has 1 heterocycles. The fourth-order valence-corrected chi connectivity index (χ4v) is 5.70. The first-order valence-electron chi connectivity index (χ1n) is 10.2. The van der Waals surface area contributed by atoms with Crippen LogP contribution in [0.1, 0.15) is 69.9 Å². The predicted octanol–water partition coefficient (Wildman–Crippen LogP) is 3.90. The number of carboxylic acid groups (broad SMARTS) is 1. The van der Waals surface area contributed by atoms with Gasteiger partial charge >= 0.3 is 6.09 Å². The van der Waals surface area contributed by atoms with Crippen molar-refractivity contribution >= 4 is 22.6 Å². The first-order valence-corrected chi connectivity index (χ1v) is 11.1. The third kappa shape index (κ3) is 5.13. The fourth-order valence-electron chi connectivity index (χ4n) is 4.74. The number of fused-ring (bicyclic) bond motifs is 1. The number of amides is 1. The van der Waals surface area contributed by atoms with Crippen molar-refractivity contribution in [1.29, 1.82) is 0 Å². The Labute approximate surface area is 166 Å². The quantitative estimate of drug-likeness (QED) is 0.704. The number of nitrogens with one attached hydrogen (secondary N) is 1. The lowest BCUT2D eigenvalue weighted by Crippen LogP contribution is -2.52. The molecule has 152 valence electrons. The molecule has 0 aliphatic heterocycles. The van der Waals surface area contributed by atoms with E-state index in [4.69, 9.17) is 5.73 Å². The minimum Gasteiger partial charge on any atom is -0.465 e. The molecule has 1 unspecified atom stereocenters. The van der Waals surface area contributed by atoms with Gasteiger partial charge in [0.2, 0.25) is 0 Å². The summed E-state index contributed by atoms with van der Waals surface area (Å²) in [5, 5.41) is 14.0. The number of hydrogen-bond acceptors (Lipinski definition) is 5. The number of anilines is 1. The van der Waals surface area contributed by atoms with Crippen LogP contribution in [0.25, 0.3) is 0 Å². The number of nitrogens with zero attached hydrogens (tertiary/aromatic N) is 2. The zero-order valence-corrected chi connectivity index (χ0v) is 17.6. The molecule has 2 aliphatic rings. The van der Waals surface area contributed by atoms with E-state index >= 15 is 0 Å². The number of aryl methyl sites for hydroxylation is 1. The topological polar surface area (TPSA) is 91.5 Å². The van der Waals surface area contributed by atoms with Crippen LogP contribution < -0.4 is 11.1 Å². The fraction of sp³-hybridized carbons (Fsp3) is 0.800. The lowest BCUT2D eigenvalue weighted by molar-refractivity contribution is 0.0497. The van der Waals surface area contributed by atoms with Crippen LogP contribution in [0.4, 0.5) is 9.93 Å². The summed E-state index contributed by atoms with van der Waals surface area (Å²) in [6.45, 7) is 7.02. The van der Waals surface area contributed by atoms with Gasteiger partial charge in [-0.1, -0.05) is 0 Å². The molecule has 1 saturated carbocycles. The highest BCUT2D eigenvalue weighted by atomic mass is 32.1. The van der Waals surface area contributed by atoms with E-state index in [0.717, 1.165) is 51.5 Å². The van der Waals surface area contributed by atoms with E-state index in [1.165, 1.54) is 17.0 Å². The number of rotatable bonds is 5. The van der Waals surface area contributed by atoms with Crippen molar-refractivity contribution in [3.63, 3.8) is 0 Å². The molecule has 6 nitrogen and oxygen atoms in total. The van der Waals surface area contributed by atoms with Gasteiger partial charge in [0, 0.05) is 22.5 Å². The molecule has 4 N–H and O–H groups in total. The van der Waals surface area contributed by atoms with E-state index in [2.05, 4.69) is 10.3 Å². The second kappa shape index (κ2) is 8.35. The molecule has 3 rings (SSSR count). The minimum absolute atomic E-state index is 0.167. The third-order valence-corrected chi connectivity index (χ3v) is 7.00. The molecule has 0 aromatic carbocycles. The predicted molar refractivity (Wildman–Crippen MR) is 110 cm³/mol. The Hall–Kier alpha value is -1.34. The first-order chi connectivity index (χ1) is 12.7. The van der Waals surface area contributed by atoms with Crippen LogP contribution in [0.5, 0.6) is 0 Å². The molecule has 2 aliphatic carbocycles. The van der Waals surface area contributed by atoms with Gasteiger partial charge in [-0.2, -0.15) is 0 Å². The Bertz CT molecular complexity index is 647. The zero-order chi connectivity index (χ0) is 19.6. The van der Waals surface area contributed by atoms with Crippen LogP contribution in [0, 0.1) is 5.92 Å². The van der Waals surface area contributed by atoms with Gasteiger partial charge < -0.3 is 21.1 Å². The van der Waals surface area contributed by atoms with Gasteiger partial charge in [-0.15, -0.1) is 11.3 Å². The third-order valence-electron chi connectivity index (χ3n) is 6.05. The van der Waals surface area contributed by atoms with Crippen LogP contribution in [-0.2, 0) is 12.8 Å². The van der Waals surface area contributed by atoms with Crippen molar-refractivity contribution in [2.75, 3.05) is 12.3 Å². The molecule has 0 bridgehead atoms. The largest absolute Gasteiger partial charge is 0.465 e. The van der Waals surface area contributed by atoms with Crippen LogP contribution in [0.3, 0.4) is 0 Å². The van der Waals surface area contributed by atoms with Crippen molar-refractivity contribution in [3.05, 3.63) is 10.6 Å². The maximum atomic E-state index is 11.7. The number of carbonyl (C=O) groups is 1. The van der Waals surface area contributed by atoms with E-state index in [9.17, 15) is 9.90 Å². The Morgan fingerprint density at radius 1 is 1.30 bits per heavy atom. The molecule has 1 fully saturated rings. The maximum absolute atomic E-state index is 11.7. The van der Waals surface area contributed by atoms with Crippen molar-refractivity contribution in [3.8, 4) is 0 Å². The van der Waals surface area contributed by atoms with E-state index < -0.39 is 6.09 Å². The summed E-state index contributed by atoms with van der Waals surface area (Å²) >= 11 is 1.64. The number of aromatic nitrogens is 1. The molecular formula is C20H34N4O2S. The molecule has 0 spiro atoms. The number of nitrogens with two attached hydrogens (primary N) is 1. The average Bonchev–Trinajstić information content (AvgIpc) is 2.94. The van der Waals surface area contributed by atoms with Crippen LogP contribution >= 0.6 is 11.3 Å². The van der Waals surface area contributed by atoms with Crippen LogP contribution in [0.2, 0.25) is 0 Å². The summed E-state index contributed by atoms with van der Waals surface area (Å²) in [5.74, 6) is 0.711. The van der Waals surface area contributed by atoms with Crippen molar-refractivity contribution in [1.82, 2.24) is 15.2 Å². The second-order valence-electron chi connectivity index (χ2n) is 9.10. The van der Waals surface area contributed by atoms with Gasteiger partial charge in [0.05, 0.1) is 5.69 Å². The molecule has 1 amide bonds. The zero-order valence-electron chi connectivity index (χ0n) is 16.8. The first kappa shape index (κ1) is 20.4. The van der Waals surface area contributed by atoms with E-state index in [-0.39, 0.29) is 11.6 Å². The van der Waals surface area contributed by atoms with Gasteiger partial charge in [-0.05, 0) is 84.6 Å². The summed E-state index contributed by atoms with van der Waals surface area (Å²) in [7, 11) is 0. The van der Waals surface area contributed by atoms with E-state index in [1.807, 2.05) is 20.8 Å². The summed E-state index contributed by atoms with van der Waals surface area (Å²) in [6, 6.07) is 0.706. The molecule has 1 aromatic heterocycles. The highest BCUT2D eigenvalue weighted by molar-refractivity contribution is 7.15. The number of hydrogen-bond donors (Lipinski definition) is 3. The minimum atomic E-state index is -0.784. The molecule has 1 aromatic rings. The standard InChI is InChI=1S/C20H34N4O2S/c1-20(2,3)24(19(25)26)15-7-4-13(5-8-15)10-11-22-14-6-9-16-17(12-14)27-18(21)23-16/h13-15,22H,4-12H2,1-3H3,(H2,21,23)(H,25,26). The Kier molecular flexibility index (Phi) is 6.31. The normalized spacial score (nSPS) is 25.8. The highest BCUT2D eigenvalue weighted by Gasteiger charge is 2.35. The summed E-state index contributed by atoms with van der Waals surface area (Å²) in [4.78, 5) is 19.1. The SMILES string of the molecule is CC(C)(C)N(C(=O)O)C1CCC(CCNC2CCc3nc(N)sc3C2)CC1. The molecule has 0 saturated heterocycles. The maximum Gasteiger partial charge on any atom is 0.407 e. The van der Waals surface area contributed by atoms with E-state index in [1.54, 1.807) is 16.2 Å². The Morgan fingerprint density at radius 2 is 2.00 bits per heavy atom. The van der Waals surface area contributed by atoms with Crippen LogP contribution in [0.15, 0.2) is 0 Å². The Balaban J connectivity index is 1.39. The highest BCUT2D eigenvalue weighted by Crippen LogP contribution is 2.33. The van der Waals surface area contributed by atoms with Gasteiger partial charge in [0.1, 0.15) is 0 Å². The van der Waals surface area contributed by atoms with E-state index in [0.29, 0.717) is 17.1 Å². The summed E-state index contributed by atoms with van der Waals surface area (Å²) in [6.07, 6.45) is 7.86. The lowest BCUT2D eigenvalue weighted by atomic mass is 9.82. The summed E-state index contributed by atoms with van der Waals surface area (Å²) in [5.41, 5.74) is 6.70.